The molecule has 110 valence electrons. The van der Waals surface area contributed by atoms with Gasteiger partial charge in [0.2, 0.25) is 5.91 Å². The lowest BCUT2D eigenvalue weighted by atomic mass is 9.96. The first-order chi connectivity index (χ1) is 9.69. The van der Waals surface area contributed by atoms with Gasteiger partial charge in [-0.05, 0) is 63.0 Å². The number of amides is 1. The van der Waals surface area contributed by atoms with Crippen molar-refractivity contribution in [3.05, 3.63) is 29.8 Å². The van der Waals surface area contributed by atoms with E-state index in [1.165, 1.54) is 5.56 Å². The van der Waals surface area contributed by atoms with E-state index in [2.05, 4.69) is 22.3 Å². The molecule has 4 heteroatoms. The number of nitrogens with two attached hydrogens (primary N) is 1. The third kappa shape index (κ3) is 4.23. The van der Waals surface area contributed by atoms with E-state index in [1.807, 2.05) is 12.1 Å². The van der Waals surface area contributed by atoms with Crippen molar-refractivity contribution in [3.8, 4) is 0 Å². The molecule has 1 aliphatic heterocycles. The standard InChI is InChI=1S/C16H25N3O/c1-18-16(20)14-8-11-19(12-9-14)10-2-3-13-4-6-15(17)7-5-13/h4-7,14H,2-3,8-12,17H2,1H3,(H,18,20). The highest BCUT2D eigenvalue weighted by Crippen LogP contribution is 2.17. The number of carbonyl (C=O) groups is 1. The van der Waals surface area contributed by atoms with Gasteiger partial charge in [-0.2, -0.15) is 0 Å². The molecule has 1 fully saturated rings. The highest BCUT2D eigenvalue weighted by atomic mass is 16.1. The van der Waals surface area contributed by atoms with E-state index < -0.39 is 0 Å². The van der Waals surface area contributed by atoms with Crippen molar-refractivity contribution in [1.82, 2.24) is 10.2 Å². The van der Waals surface area contributed by atoms with Gasteiger partial charge in [-0.15, -0.1) is 0 Å². The lowest BCUT2D eigenvalue weighted by molar-refractivity contribution is -0.125. The van der Waals surface area contributed by atoms with Crippen LogP contribution >= 0.6 is 0 Å². The van der Waals surface area contributed by atoms with E-state index in [0.717, 1.165) is 51.0 Å². The number of aryl methyl sites for hydroxylation is 1. The number of nitrogens with one attached hydrogen (secondary N) is 1. The zero-order valence-electron chi connectivity index (χ0n) is 12.3. The number of anilines is 1. The van der Waals surface area contributed by atoms with Crippen molar-refractivity contribution in [3.63, 3.8) is 0 Å². The van der Waals surface area contributed by atoms with Crippen LogP contribution in [0.4, 0.5) is 5.69 Å². The second kappa shape index (κ2) is 7.29. The Morgan fingerprint density at radius 1 is 1.30 bits per heavy atom. The lowest BCUT2D eigenvalue weighted by Gasteiger charge is -2.31. The van der Waals surface area contributed by atoms with Gasteiger partial charge in [-0.1, -0.05) is 12.1 Å². The van der Waals surface area contributed by atoms with Crippen LogP contribution in [0.15, 0.2) is 24.3 Å². The Labute approximate surface area is 121 Å². The van der Waals surface area contributed by atoms with Crippen molar-refractivity contribution in [2.45, 2.75) is 25.7 Å². The zero-order valence-corrected chi connectivity index (χ0v) is 12.3. The smallest absolute Gasteiger partial charge is 0.222 e. The average Bonchev–Trinajstić information content (AvgIpc) is 2.49. The molecule has 4 nitrogen and oxygen atoms in total. The minimum atomic E-state index is 0.200. The highest BCUT2D eigenvalue weighted by molar-refractivity contribution is 5.78. The second-order valence-corrected chi connectivity index (χ2v) is 5.58. The van der Waals surface area contributed by atoms with Gasteiger partial charge in [0.1, 0.15) is 0 Å². The minimum Gasteiger partial charge on any atom is -0.399 e. The van der Waals surface area contributed by atoms with Gasteiger partial charge in [-0.3, -0.25) is 4.79 Å². The zero-order chi connectivity index (χ0) is 14.4. The molecule has 1 heterocycles. The summed E-state index contributed by atoms with van der Waals surface area (Å²) in [5.41, 5.74) is 7.85. The molecule has 1 aromatic rings. The molecule has 0 atom stereocenters. The summed E-state index contributed by atoms with van der Waals surface area (Å²) >= 11 is 0. The van der Waals surface area contributed by atoms with Crippen LogP contribution in [-0.4, -0.2) is 37.5 Å². The molecule has 1 amide bonds. The number of piperidine rings is 1. The number of likely N-dealkylation sites (tertiary alicyclic amines) is 1. The Kier molecular flexibility index (Phi) is 5.41. The molecular formula is C16H25N3O. The Balaban J connectivity index is 1.66. The van der Waals surface area contributed by atoms with E-state index in [1.54, 1.807) is 7.05 Å². The molecule has 0 aromatic heterocycles. The maximum Gasteiger partial charge on any atom is 0.222 e. The predicted octanol–water partition coefficient (Wildman–Crippen LogP) is 1.66. The third-order valence-electron chi connectivity index (χ3n) is 4.12. The van der Waals surface area contributed by atoms with E-state index in [4.69, 9.17) is 5.73 Å². The maximum absolute atomic E-state index is 11.6. The van der Waals surface area contributed by atoms with Crippen LogP contribution < -0.4 is 11.1 Å². The van der Waals surface area contributed by atoms with Crippen molar-refractivity contribution in [2.24, 2.45) is 5.92 Å². The van der Waals surface area contributed by atoms with Gasteiger partial charge in [0.05, 0.1) is 0 Å². The summed E-state index contributed by atoms with van der Waals surface area (Å²) in [4.78, 5) is 14.0. The van der Waals surface area contributed by atoms with Crippen LogP contribution in [0.1, 0.15) is 24.8 Å². The summed E-state index contributed by atoms with van der Waals surface area (Å²) in [7, 11) is 1.72. The molecule has 1 saturated heterocycles. The van der Waals surface area contributed by atoms with Gasteiger partial charge in [0.25, 0.3) is 0 Å². The molecular weight excluding hydrogens is 250 g/mol. The SMILES string of the molecule is CNC(=O)C1CCN(CCCc2ccc(N)cc2)CC1. The van der Waals surface area contributed by atoms with E-state index in [-0.39, 0.29) is 11.8 Å². The van der Waals surface area contributed by atoms with Crippen LogP contribution in [0.2, 0.25) is 0 Å². The molecule has 0 saturated carbocycles. The van der Waals surface area contributed by atoms with Crippen LogP contribution in [0.3, 0.4) is 0 Å². The molecule has 0 bridgehead atoms. The Morgan fingerprint density at radius 3 is 2.55 bits per heavy atom. The number of hydrogen-bond donors (Lipinski definition) is 2. The number of hydrogen-bond acceptors (Lipinski definition) is 3. The van der Waals surface area contributed by atoms with Crippen LogP contribution in [-0.2, 0) is 11.2 Å². The largest absolute Gasteiger partial charge is 0.399 e. The van der Waals surface area contributed by atoms with Crippen LogP contribution in [0, 0.1) is 5.92 Å². The summed E-state index contributed by atoms with van der Waals surface area (Å²) in [5, 5.41) is 2.75. The maximum atomic E-state index is 11.6. The number of benzene rings is 1. The van der Waals surface area contributed by atoms with Gasteiger partial charge in [-0.25, -0.2) is 0 Å². The fraction of sp³-hybridized carbons (Fsp3) is 0.562. The summed E-state index contributed by atoms with van der Waals surface area (Å²) in [6.45, 7) is 3.20. The van der Waals surface area contributed by atoms with Gasteiger partial charge in [0, 0.05) is 18.7 Å². The van der Waals surface area contributed by atoms with E-state index in [0.29, 0.717) is 0 Å². The molecule has 0 aliphatic carbocycles. The molecule has 2 rings (SSSR count). The highest BCUT2D eigenvalue weighted by Gasteiger charge is 2.23. The van der Waals surface area contributed by atoms with Gasteiger partial charge in [0.15, 0.2) is 0 Å². The second-order valence-electron chi connectivity index (χ2n) is 5.58. The summed E-state index contributed by atoms with van der Waals surface area (Å²) in [6.07, 6.45) is 4.23. The fourth-order valence-electron chi connectivity index (χ4n) is 2.81. The van der Waals surface area contributed by atoms with Gasteiger partial charge >= 0.3 is 0 Å². The number of carbonyl (C=O) groups excluding carboxylic acids is 1. The fourth-order valence-corrected chi connectivity index (χ4v) is 2.81. The first-order valence-electron chi connectivity index (χ1n) is 7.47. The summed E-state index contributed by atoms with van der Waals surface area (Å²) < 4.78 is 0. The summed E-state index contributed by atoms with van der Waals surface area (Å²) in [5.74, 6) is 0.417. The average molecular weight is 275 g/mol. The molecule has 0 spiro atoms. The first kappa shape index (κ1) is 14.9. The van der Waals surface area contributed by atoms with Crippen LogP contribution in [0.5, 0.6) is 0 Å². The van der Waals surface area contributed by atoms with Crippen molar-refractivity contribution in [2.75, 3.05) is 32.4 Å². The lowest BCUT2D eigenvalue weighted by Crippen LogP contribution is -2.39. The normalized spacial score (nSPS) is 17.1. The van der Waals surface area contributed by atoms with Crippen molar-refractivity contribution in [1.29, 1.82) is 0 Å². The number of nitrogen functional groups attached to an aromatic ring is 1. The monoisotopic (exact) mass is 275 g/mol. The molecule has 0 radical (unpaired) electrons. The third-order valence-corrected chi connectivity index (χ3v) is 4.12. The van der Waals surface area contributed by atoms with E-state index in [9.17, 15) is 4.79 Å². The molecule has 3 N–H and O–H groups in total. The molecule has 20 heavy (non-hydrogen) atoms. The number of nitrogens with zero attached hydrogens (tertiary/aromatic N) is 1. The Morgan fingerprint density at radius 2 is 1.95 bits per heavy atom. The molecule has 1 aliphatic rings. The van der Waals surface area contributed by atoms with Crippen molar-refractivity contribution < 1.29 is 4.79 Å². The Bertz CT molecular complexity index is 422. The molecule has 0 unspecified atom stereocenters. The summed E-state index contributed by atoms with van der Waals surface area (Å²) in [6, 6.07) is 8.13. The van der Waals surface area contributed by atoms with Crippen molar-refractivity contribution >= 4 is 11.6 Å². The predicted molar refractivity (Wildman–Crippen MR) is 82.4 cm³/mol. The Hall–Kier alpha value is -1.55. The topological polar surface area (TPSA) is 58.4 Å². The molecule has 1 aromatic carbocycles. The minimum absolute atomic E-state index is 0.200. The first-order valence-corrected chi connectivity index (χ1v) is 7.47. The quantitative estimate of drug-likeness (QED) is 0.804. The van der Waals surface area contributed by atoms with Gasteiger partial charge < -0.3 is 16.0 Å². The van der Waals surface area contributed by atoms with Crippen LogP contribution in [0.25, 0.3) is 0 Å². The number of rotatable bonds is 5. The van der Waals surface area contributed by atoms with E-state index >= 15 is 0 Å².